The number of alkyl halides is 3. The van der Waals surface area contributed by atoms with Crippen molar-refractivity contribution in [3.05, 3.63) is 22.4 Å². The van der Waals surface area contributed by atoms with Gasteiger partial charge in [-0.1, -0.05) is 0 Å². The van der Waals surface area contributed by atoms with Gasteiger partial charge in [-0.2, -0.15) is 13.2 Å². The fourth-order valence-corrected chi connectivity index (χ4v) is 3.21. The molecule has 8 nitrogen and oxygen atoms in total. The maximum Gasteiger partial charge on any atom is 0.405 e. The van der Waals surface area contributed by atoms with Gasteiger partial charge < -0.3 is 20.1 Å². The van der Waals surface area contributed by atoms with Crippen LogP contribution in [0.1, 0.15) is 25.7 Å². The summed E-state index contributed by atoms with van der Waals surface area (Å²) < 4.78 is 48.5. The van der Waals surface area contributed by atoms with E-state index in [1.54, 1.807) is 0 Å². The number of aromatic nitrogens is 1. The minimum Gasteiger partial charge on any atom is -0.371 e. The van der Waals surface area contributed by atoms with Crippen molar-refractivity contribution in [2.75, 3.05) is 30.4 Å². The van der Waals surface area contributed by atoms with E-state index < -0.39 is 29.1 Å². The number of nitrogens with one attached hydrogen (secondary N) is 2. The number of nitrogens with zero attached hydrogens (tertiary/aromatic N) is 2. The Bertz CT molecular complexity index is 655. The fourth-order valence-electron chi connectivity index (χ4n) is 3.21. The highest BCUT2D eigenvalue weighted by atomic mass is 19.4. The maximum atomic E-state index is 12.4. The van der Waals surface area contributed by atoms with E-state index in [1.165, 1.54) is 6.07 Å². The standard InChI is InChI=1S/C15H19F3N4O4/c16-15(17,18)9-20-11-7-13(19-8-12(11)22(23)24)21-10-1-3-14(4-2-10)25-5-6-26-14/h7-8,10H,1-6,9H2,(H2,19,20,21). The van der Waals surface area contributed by atoms with Crippen LogP contribution in [-0.4, -0.2) is 47.7 Å². The molecule has 2 heterocycles. The molecule has 2 fully saturated rings. The van der Waals surface area contributed by atoms with Crippen molar-refractivity contribution in [3.8, 4) is 0 Å². The normalized spacial score (nSPS) is 20.3. The summed E-state index contributed by atoms with van der Waals surface area (Å²) in [5.74, 6) is -0.227. The van der Waals surface area contributed by atoms with Crippen LogP contribution < -0.4 is 10.6 Å². The van der Waals surface area contributed by atoms with E-state index in [9.17, 15) is 23.3 Å². The first kappa shape index (κ1) is 18.6. The minimum absolute atomic E-state index is 0.0397. The van der Waals surface area contributed by atoms with Crippen LogP contribution in [0.15, 0.2) is 12.3 Å². The molecule has 144 valence electrons. The predicted octanol–water partition coefficient (Wildman–Crippen LogP) is 3.06. The molecule has 0 radical (unpaired) electrons. The number of rotatable bonds is 5. The van der Waals surface area contributed by atoms with Crippen molar-refractivity contribution in [3.63, 3.8) is 0 Å². The van der Waals surface area contributed by atoms with Gasteiger partial charge in [0.2, 0.25) is 0 Å². The van der Waals surface area contributed by atoms with E-state index in [2.05, 4.69) is 15.6 Å². The molecule has 1 aliphatic heterocycles. The number of nitro groups is 1. The second kappa shape index (κ2) is 7.23. The molecule has 1 spiro atoms. The number of hydrogen-bond acceptors (Lipinski definition) is 7. The molecule has 0 aromatic carbocycles. The molecular formula is C15H19F3N4O4. The van der Waals surface area contributed by atoms with Crippen molar-refractivity contribution in [1.29, 1.82) is 0 Å². The molecule has 11 heteroatoms. The van der Waals surface area contributed by atoms with Gasteiger partial charge in [-0.15, -0.1) is 0 Å². The molecule has 0 bridgehead atoms. The lowest BCUT2D eigenvalue weighted by molar-refractivity contribution is -0.384. The summed E-state index contributed by atoms with van der Waals surface area (Å²) in [6, 6.07) is 1.27. The fraction of sp³-hybridized carbons (Fsp3) is 0.667. The highest BCUT2D eigenvalue weighted by molar-refractivity contribution is 5.65. The van der Waals surface area contributed by atoms with Gasteiger partial charge in [0.25, 0.3) is 0 Å². The molecule has 3 rings (SSSR count). The van der Waals surface area contributed by atoms with Gasteiger partial charge in [0.15, 0.2) is 5.79 Å². The van der Waals surface area contributed by atoms with Crippen LogP contribution in [0.25, 0.3) is 0 Å². The summed E-state index contributed by atoms with van der Waals surface area (Å²) in [5.41, 5.74) is -0.727. The average Bonchev–Trinajstić information content (AvgIpc) is 3.03. The van der Waals surface area contributed by atoms with Crippen LogP contribution in [0, 0.1) is 10.1 Å². The topological polar surface area (TPSA) is 98.6 Å². The van der Waals surface area contributed by atoms with E-state index in [-0.39, 0.29) is 17.5 Å². The molecule has 1 aliphatic carbocycles. The molecule has 0 atom stereocenters. The molecule has 0 unspecified atom stereocenters. The number of pyridine rings is 1. The highest BCUT2D eigenvalue weighted by Gasteiger charge is 2.40. The quantitative estimate of drug-likeness (QED) is 0.602. The summed E-state index contributed by atoms with van der Waals surface area (Å²) in [4.78, 5) is 14.2. The lowest BCUT2D eigenvalue weighted by atomic mass is 9.90. The van der Waals surface area contributed by atoms with Crippen LogP contribution in [0.3, 0.4) is 0 Å². The first-order valence-corrected chi connectivity index (χ1v) is 8.26. The van der Waals surface area contributed by atoms with Gasteiger partial charge >= 0.3 is 11.9 Å². The van der Waals surface area contributed by atoms with Gasteiger partial charge in [0, 0.05) is 24.9 Å². The molecule has 26 heavy (non-hydrogen) atoms. The Balaban J connectivity index is 1.65. The summed E-state index contributed by atoms with van der Waals surface area (Å²) in [7, 11) is 0. The van der Waals surface area contributed by atoms with E-state index >= 15 is 0 Å². The molecule has 1 aromatic rings. The van der Waals surface area contributed by atoms with Crippen LogP contribution in [0.5, 0.6) is 0 Å². The van der Waals surface area contributed by atoms with Crippen molar-refractivity contribution in [2.45, 2.75) is 43.7 Å². The van der Waals surface area contributed by atoms with Gasteiger partial charge in [0.05, 0.1) is 18.1 Å². The molecular weight excluding hydrogens is 357 g/mol. The van der Waals surface area contributed by atoms with Gasteiger partial charge in [-0.25, -0.2) is 4.98 Å². The summed E-state index contributed by atoms with van der Waals surface area (Å²) in [5, 5.41) is 16.2. The number of ether oxygens (including phenoxy) is 2. The molecule has 0 amide bonds. The monoisotopic (exact) mass is 376 g/mol. The molecule has 1 aromatic heterocycles. The second-order valence-corrected chi connectivity index (χ2v) is 6.34. The molecule has 2 N–H and O–H groups in total. The van der Waals surface area contributed by atoms with Gasteiger partial charge in [0.1, 0.15) is 24.2 Å². The largest absolute Gasteiger partial charge is 0.405 e. The Labute approximate surface area is 147 Å². The lowest BCUT2D eigenvalue weighted by Crippen LogP contribution is -2.39. The van der Waals surface area contributed by atoms with Crippen LogP contribution in [-0.2, 0) is 9.47 Å². The van der Waals surface area contributed by atoms with Crippen molar-refractivity contribution < 1.29 is 27.6 Å². The smallest absolute Gasteiger partial charge is 0.371 e. The third kappa shape index (κ3) is 4.52. The zero-order chi connectivity index (χ0) is 18.8. The summed E-state index contributed by atoms with van der Waals surface area (Å²) in [6.07, 6.45) is -0.639. The summed E-state index contributed by atoms with van der Waals surface area (Å²) >= 11 is 0. The molecule has 1 saturated heterocycles. The SMILES string of the molecule is O=[N+]([O-])c1cnc(NC2CCC3(CC2)OCCO3)cc1NCC(F)(F)F. The van der Waals surface area contributed by atoms with Crippen LogP contribution >= 0.6 is 0 Å². The minimum atomic E-state index is -4.48. The first-order chi connectivity index (χ1) is 12.3. The third-order valence-electron chi connectivity index (χ3n) is 4.47. The van der Waals surface area contributed by atoms with Crippen molar-refractivity contribution in [2.24, 2.45) is 0 Å². The van der Waals surface area contributed by atoms with E-state index in [0.717, 1.165) is 19.0 Å². The van der Waals surface area contributed by atoms with Crippen molar-refractivity contribution >= 4 is 17.2 Å². The Morgan fingerprint density at radius 1 is 1.31 bits per heavy atom. The van der Waals surface area contributed by atoms with E-state index in [4.69, 9.17) is 9.47 Å². The molecule has 1 saturated carbocycles. The second-order valence-electron chi connectivity index (χ2n) is 6.34. The third-order valence-corrected chi connectivity index (χ3v) is 4.47. The average molecular weight is 376 g/mol. The van der Waals surface area contributed by atoms with Crippen LogP contribution in [0.2, 0.25) is 0 Å². The Kier molecular flexibility index (Phi) is 5.19. The Morgan fingerprint density at radius 3 is 2.54 bits per heavy atom. The number of halogens is 3. The maximum absolute atomic E-state index is 12.4. The summed E-state index contributed by atoms with van der Waals surface area (Å²) in [6.45, 7) is -0.204. The Morgan fingerprint density at radius 2 is 1.96 bits per heavy atom. The number of hydrogen-bond donors (Lipinski definition) is 2. The van der Waals surface area contributed by atoms with E-state index in [0.29, 0.717) is 26.1 Å². The van der Waals surface area contributed by atoms with Gasteiger partial charge in [-0.05, 0) is 12.8 Å². The van der Waals surface area contributed by atoms with Gasteiger partial charge in [-0.3, -0.25) is 10.1 Å². The predicted molar refractivity (Wildman–Crippen MR) is 85.9 cm³/mol. The van der Waals surface area contributed by atoms with E-state index in [1.807, 2.05) is 0 Å². The Hall–Kier alpha value is -2.14. The zero-order valence-corrected chi connectivity index (χ0v) is 13.8. The highest BCUT2D eigenvalue weighted by Crippen LogP contribution is 2.37. The molecule has 2 aliphatic rings. The van der Waals surface area contributed by atoms with Crippen LogP contribution in [0.4, 0.5) is 30.4 Å². The first-order valence-electron chi connectivity index (χ1n) is 8.26. The lowest BCUT2D eigenvalue weighted by Gasteiger charge is -2.35. The van der Waals surface area contributed by atoms with Crippen molar-refractivity contribution in [1.82, 2.24) is 4.98 Å². The zero-order valence-electron chi connectivity index (χ0n) is 13.8. The number of anilines is 2.